The molecule has 8 heteroatoms. The molecule has 2 aromatic carbocycles. The minimum absolute atomic E-state index is 0.116. The number of anilines is 1. The third-order valence-corrected chi connectivity index (χ3v) is 4.43. The molecule has 1 aromatic heterocycles. The van der Waals surface area contributed by atoms with Gasteiger partial charge in [0.05, 0.1) is 21.3 Å². The van der Waals surface area contributed by atoms with Gasteiger partial charge in [0.2, 0.25) is 11.7 Å². The highest BCUT2D eigenvalue weighted by atomic mass is 16.5. The molecule has 0 radical (unpaired) electrons. The molecule has 3 rings (SSSR count). The van der Waals surface area contributed by atoms with Gasteiger partial charge in [-0.05, 0) is 54.1 Å². The predicted octanol–water partition coefficient (Wildman–Crippen LogP) is 3.44. The molecule has 0 aliphatic rings. The van der Waals surface area contributed by atoms with E-state index in [0.29, 0.717) is 28.5 Å². The molecular formula is C23H23N3O5. The Bertz CT molecular complexity index is 1050. The van der Waals surface area contributed by atoms with E-state index in [1.54, 1.807) is 60.9 Å². The molecule has 0 aliphatic heterocycles. The van der Waals surface area contributed by atoms with E-state index in [-0.39, 0.29) is 18.2 Å². The van der Waals surface area contributed by atoms with E-state index in [0.717, 1.165) is 5.56 Å². The lowest BCUT2D eigenvalue weighted by Crippen LogP contribution is -2.18. The number of carbonyl (C=O) groups excluding carboxylic acids is 2. The first-order valence-corrected chi connectivity index (χ1v) is 9.43. The van der Waals surface area contributed by atoms with Crippen molar-refractivity contribution in [3.63, 3.8) is 0 Å². The fraction of sp³-hybridized carbons (Fsp3) is 0.174. The predicted molar refractivity (Wildman–Crippen MR) is 117 cm³/mol. The van der Waals surface area contributed by atoms with Gasteiger partial charge in [-0.25, -0.2) is 0 Å². The number of allylic oxidation sites excluding steroid dienone is 1. The van der Waals surface area contributed by atoms with Crippen LogP contribution in [-0.4, -0.2) is 42.8 Å². The molecule has 0 bridgehead atoms. The van der Waals surface area contributed by atoms with Crippen molar-refractivity contribution in [1.82, 2.24) is 9.78 Å². The van der Waals surface area contributed by atoms with E-state index in [1.165, 1.54) is 32.1 Å². The number of hydrogen-bond donors (Lipinski definition) is 1. The van der Waals surface area contributed by atoms with Crippen LogP contribution in [0.4, 0.5) is 5.69 Å². The zero-order valence-corrected chi connectivity index (χ0v) is 17.5. The molecule has 160 valence electrons. The Labute approximate surface area is 180 Å². The molecule has 3 aromatic rings. The number of nitrogens with zero attached hydrogens (tertiary/aromatic N) is 2. The summed E-state index contributed by atoms with van der Waals surface area (Å²) in [6.07, 6.45) is 6.46. The van der Waals surface area contributed by atoms with Crippen LogP contribution in [0.2, 0.25) is 0 Å². The fourth-order valence-electron chi connectivity index (χ4n) is 2.93. The lowest BCUT2D eigenvalue weighted by atomic mass is 10.1. The van der Waals surface area contributed by atoms with Crippen molar-refractivity contribution in [3.8, 4) is 17.2 Å². The number of aromatic nitrogens is 2. The molecule has 0 spiro atoms. The van der Waals surface area contributed by atoms with Crippen molar-refractivity contribution < 1.29 is 23.8 Å². The van der Waals surface area contributed by atoms with Gasteiger partial charge in [0.25, 0.3) is 0 Å². The topological polar surface area (TPSA) is 91.7 Å². The second-order valence-corrected chi connectivity index (χ2v) is 6.49. The summed E-state index contributed by atoms with van der Waals surface area (Å²) in [7, 11) is 4.60. The van der Waals surface area contributed by atoms with Gasteiger partial charge in [0.1, 0.15) is 6.54 Å². The minimum atomic E-state index is -0.204. The van der Waals surface area contributed by atoms with Crippen molar-refractivity contribution in [2.45, 2.75) is 6.54 Å². The van der Waals surface area contributed by atoms with Crippen LogP contribution in [-0.2, 0) is 11.3 Å². The van der Waals surface area contributed by atoms with E-state index in [9.17, 15) is 9.59 Å². The number of benzene rings is 2. The summed E-state index contributed by atoms with van der Waals surface area (Å²) in [5.74, 6) is 1.11. The second kappa shape index (κ2) is 10.1. The Morgan fingerprint density at radius 1 is 1.03 bits per heavy atom. The average molecular weight is 421 g/mol. The highest BCUT2D eigenvalue weighted by Gasteiger charge is 2.12. The summed E-state index contributed by atoms with van der Waals surface area (Å²) in [6, 6.07) is 11.9. The number of amides is 1. The van der Waals surface area contributed by atoms with Crippen LogP contribution >= 0.6 is 0 Å². The van der Waals surface area contributed by atoms with Gasteiger partial charge in [-0.2, -0.15) is 5.10 Å². The van der Waals surface area contributed by atoms with Gasteiger partial charge in [-0.15, -0.1) is 0 Å². The molecular weight excluding hydrogens is 398 g/mol. The first kappa shape index (κ1) is 21.6. The quantitative estimate of drug-likeness (QED) is 0.420. The number of methoxy groups -OCH3 is 3. The monoisotopic (exact) mass is 421 g/mol. The Hall–Kier alpha value is -4.07. The van der Waals surface area contributed by atoms with Crippen molar-refractivity contribution in [1.29, 1.82) is 0 Å². The summed E-state index contributed by atoms with van der Waals surface area (Å²) in [6.45, 7) is 0.116. The van der Waals surface area contributed by atoms with Gasteiger partial charge < -0.3 is 19.5 Å². The molecule has 31 heavy (non-hydrogen) atoms. The third kappa shape index (κ3) is 5.51. The summed E-state index contributed by atoms with van der Waals surface area (Å²) in [5, 5.41) is 6.76. The van der Waals surface area contributed by atoms with Gasteiger partial charge >= 0.3 is 0 Å². The third-order valence-electron chi connectivity index (χ3n) is 4.43. The number of hydrogen-bond acceptors (Lipinski definition) is 6. The van der Waals surface area contributed by atoms with Crippen molar-refractivity contribution in [2.75, 3.05) is 26.6 Å². The SMILES string of the molecule is COc1cc(/C=C/C(=O)c2ccc(NC(=O)Cn3cccn3)cc2)cc(OC)c1OC. The molecule has 0 aliphatic carbocycles. The number of rotatable bonds is 9. The number of carbonyl (C=O) groups is 2. The highest BCUT2D eigenvalue weighted by molar-refractivity contribution is 6.07. The van der Waals surface area contributed by atoms with Crippen LogP contribution < -0.4 is 19.5 Å². The lowest BCUT2D eigenvalue weighted by molar-refractivity contribution is -0.116. The average Bonchev–Trinajstić information content (AvgIpc) is 3.29. The number of ether oxygens (including phenoxy) is 3. The van der Waals surface area contributed by atoms with Crippen molar-refractivity contribution in [3.05, 3.63) is 72.1 Å². The molecule has 1 N–H and O–H groups in total. The Morgan fingerprint density at radius 3 is 2.26 bits per heavy atom. The maximum Gasteiger partial charge on any atom is 0.246 e. The molecule has 8 nitrogen and oxygen atoms in total. The van der Waals surface area contributed by atoms with E-state index >= 15 is 0 Å². The summed E-state index contributed by atoms with van der Waals surface area (Å²) < 4.78 is 17.5. The van der Waals surface area contributed by atoms with E-state index < -0.39 is 0 Å². The fourth-order valence-corrected chi connectivity index (χ4v) is 2.93. The molecule has 1 amide bonds. The Kier molecular flexibility index (Phi) is 7.05. The van der Waals surface area contributed by atoms with E-state index in [1.807, 2.05) is 0 Å². The summed E-state index contributed by atoms with van der Waals surface area (Å²) >= 11 is 0. The Balaban J connectivity index is 1.66. The first-order valence-electron chi connectivity index (χ1n) is 9.43. The van der Waals surface area contributed by atoms with Crippen LogP contribution in [0.15, 0.2) is 60.9 Å². The van der Waals surface area contributed by atoms with Crippen LogP contribution in [0.1, 0.15) is 15.9 Å². The molecule has 0 unspecified atom stereocenters. The summed E-state index contributed by atoms with van der Waals surface area (Å²) in [4.78, 5) is 24.6. The lowest BCUT2D eigenvalue weighted by Gasteiger charge is -2.12. The van der Waals surface area contributed by atoms with E-state index in [2.05, 4.69) is 10.4 Å². The minimum Gasteiger partial charge on any atom is -0.493 e. The smallest absolute Gasteiger partial charge is 0.246 e. The molecule has 1 heterocycles. The van der Waals surface area contributed by atoms with Crippen LogP contribution in [0.25, 0.3) is 6.08 Å². The first-order chi connectivity index (χ1) is 15.0. The van der Waals surface area contributed by atoms with Gasteiger partial charge in [-0.1, -0.05) is 6.08 Å². The zero-order valence-electron chi connectivity index (χ0n) is 17.5. The van der Waals surface area contributed by atoms with Crippen LogP contribution in [0.5, 0.6) is 17.2 Å². The molecule has 0 atom stereocenters. The maximum absolute atomic E-state index is 12.5. The van der Waals surface area contributed by atoms with Gasteiger partial charge in [0.15, 0.2) is 17.3 Å². The normalized spacial score (nSPS) is 10.7. The number of ketones is 1. The van der Waals surface area contributed by atoms with Crippen molar-refractivity contribution >= 4 is 23.5 Å². The van der Waals surface area contributed by atoms with Gasteiger partial charge in [-0.3, -0.25) is 14.3 Å². The molecule has 0 saturated carbocycles. The largest absolute Gasteiger partial charge is 0.493 e. The highest BCUT2D eigenvalue weighted by Crippen LogP contribution is 2.38. The van der Waals surface area contributed by atoms with Crippen molar-refractivity contribution in [2.24, 2.45) is 0 Å². The van der Waals surface area contributed by atoms with Gasteiger partial charge in [0, 0.05) is 23.6 Å². The van der Waals surface area contributed by atoms with Crippen LogP contribution in [0, 0.1) is 0 Å². The standard InChI is InChI=1S/C23H23N3O5/c1-29-20-13-16(14-21(30-2)23(20)31-3)5-10-19(27)17-6-8-18(9-7-17)25-22(28)15-26-12-4-11-24-26/h4-14H,15H2,1-3H3,(H,25,28)/b10-5+. The maximum atomic E-state index is 12.5. The number of nitrogens with one attached hydrogen (secondary N) is 1. The Morgan fingerprint density at radius 2 is 1.71 bits per heavy atom. The molecule has 0 saturated heterocycles. The molecule has 0 fully saturated rings. The zero-order chi connectivity index (χ0) is 22.2. The second-order valence-electron chi connectivity index (χ2n) is 6.49. The van der Waals surface area contributed by atoms with E-state index in [4.69, 9.17) is 14.2 Å². The summed E-state index contributed by atoms with van der Waals surface area (Å²) in [5.41, 5.74) is 1.82. The van der Waals surface area contributed by atoms with Crippen LogP contribution in [0.3, 0.4) is 0 Å².